The molecule has 1 aliphatic rings. The van der Waals surface area contributed by atoms with E-state index in [2.05, 4.69) is 64.7 Å². The van der Waals surface area contributed by atoms with Gasteiger partial charge in [0.15, 0.2) is 17.6 Å². The van der Waals surface area contributed by atoms with Crippen molar-refractivity contribution in [3.05, 3.63) is 53.5 Å². The summed E-state index contributed by atoms with van der Waals surface area (Å²) in [5.74, 6) is 0.893. The maximum atomic E-state index is 14.0. The molecular weight excluding hydrogens is 355 g/mol. The molecule has 3 rings (SSSR count). The molecule has 28 heavy (non-hydrogen) atoms. The van der Waals surface area contributed by atoms with Gasteiger partial charge in [-0.2, -0.15) is 0 Å². The van der Waals surface area contributed by atoms with Gasteiger partial charge in [0.1, 0.15) is 0 Å². The lowest BCUT2D eigenvalue weighted by Gasteiger charge is -2.21. The fraction of sp³-hybridized carbons (Fsp3) is 0.429. The molecule has 2 aromatic rings. The first-order valence-electron chi connectivity index (χ1n) is 9.57. The first-order valence-corrected chi connectivity index (χ1v) is 9.57. The zero-order valence-electron chi connectivity index (χ0n) is 17.0. The van der Waals surface area contributed by atoms with Crippen LogP contribution in [0.3, 0.4) is 0 Å². The van der Waals surface area contributed by atoms with Crippen molar-refractivity contribution >= 4 is 17.5 Å². The van der Waals surface area contributed by atoms with Gasteiger partial charge >= 0.3 is 0 Å². The van der Waals surface area contributed by atoms with Gasteiger partial charge in [-0.05, 0) is 42.7 Å². The summed E-state index contributed by atoms with van der Waals surface area (Å²) in [6.45, 7) is 4.24. The van der Waals surface area contributed by atoms with Crippen molar-refractivity contribution in [1.82, 2.24) is 15.6 Å². The average molecular weight is 385 g/mol. The number of rotatable bonds is 5. The summed E-state index contributed by atoms with van der Waals surface area (Å²) < 4.78 is 14.0. The highest BCUT2D eigenvalue weighted by Crippen LogP contribution is 2.21. The van der Waals surface area contributed by atoms with E-state index in [1.54, 1.807) is 19.3 Å². The Kier molecular flexibility index (Phi) is 6.34. The predicted molar refractivity (Wildman–Crippen MR) is 114 cm³/mol. The van der Waals surface area contributed by atoms with Gasteiger partial charge in [0.25, 0.3) is 0 Å². The van der Waals surface area contributed by atoms with E-state index in [9.17, 15) is 4.39 Å². The third-order valence-corrected chi connectivity index (χ3v) is 4.96. The minimum absolute atomic E-state index is 0.193. The van der Waals surface area contributed by atoms with Crippen molar-refractivity contribution in [3.8, 4) is 0 Å². The SMILES string of the molecule is CN=C(NCc1ccc(C)cc1N(C)C)NC1CCN(c2ncccc2F)C1. The number of benzene rings is 1. The lowest BCUT2D eigenvalue weighted by molar-refractivity contribution is 0.612. The number of hydrogen-bond donors (Lipinski definition) is 2. The molecule has 6 nitrogen and oxygen atoms in total. The molecular formula is C21H29FN6. The number of aliphatic imine (C=N–C) groups is 1. The first kappa shape index (κ1) is 19.9. The van der Waals surface area contributed by atoms with Crippen molar-refractivity contribution in [2.45, 2.75) is 25.9 Å². The van der Waals surface area contributed by atoms with Crippen LogP contribution in [0.5, 0.6) is 0 Å². The molecule has 2 N–H and O–H groups in total. The lowest BCUT2D eigenvalue weighted by atomic mass is 10.1. The number of anilines is 2. The van der Waals surface area contributed by atoms with Crippen LogP contribution in [0.2, 0.25) is 0 Å². The minimum Gasteiger partial charge on any atom is -0.377 e. The van der Waals surface area contributed by atoms with E-state index in [0.717, 1.165) is 18.9 Å². The van der Waals surface area contributed by atoms with Crippen molar-refractivity contribution in [1.29, 1.82) is 0 Å². The summed E-state index contributed by atoms with van der Waals surface area (Å²) in [7, 11) is 5.87. The van der Waals surface area contributed by atoms with E-state index in [4.69, 9.17) is 0 Å². The molecule has 0 aliphatic carbocycles. The summed E-state index contributed by atoms with van der Waals surface area (Å²) in [6.07, 6.45) is 2.54. The highest BCUT2D eigenvalue weighted by molar-refractivity contribution is 5.80. The largest absolute Gasteiger partial charge is 0.377 e. The molecule has 1 aliphatic heterocycles. The Morgan fingerprint density at radius 2 is 2.18 bits per heavy atom. The zero-order valence-corrected chi connectivity index (χ0v) is 17.0. The van der Waals surface area contributed by atoms with E-state index < -0.39 is 0 Å². The quantitative estimate of drug-likeness (QED) is 0.613. The summed E-state index contributed by atoms with van der Waals surface area (Å²) in [5, 5.41) is 6.85. The van der Waals surface area contributed by atoms with Crippen LogP contribution in [-0.2, 0) is 6.54 Å². The summed E-state index contributed by atoms with van der Waals surface area (Å²) >= 11 is 0. The average Bonchev–Trinajstić information content (AvgIpc) is 3.14. The van der Waals surface area contributed by atoms with Crippen LogP contribution < -0.4 is 20.4 Å². The fourth-order valence-electron chi connectivity index (χ4n) is 3.49. The Morgan fingerprint density at radius 3 is 2.89 bits per heavy atom. The second kappa shape index (κ2) is 8.91. The van der Waals surface area contributed by atoms with Gasteiger partial charge in [0.05, 0.1) is 0 Å². The number of halogens is 1. The van der Waals surface area contributed by atoms with E-state index >= 15 is 0 Å². The van der Waals surface area contributed by atoms with E-state index in [1.807, 2.05) is 4.90 Å². The standard InChI is InChI=1S/C21H29FN6/c1-15-7-8-16(19(12-15)27(3)4)13-25-21(23-2)26-17-9-11-28(14-17)20-18(22)6-5-10-24-20/h5-8,10,12,17H,9,11,13-14H2,1-4H3,(H2,23,25,26). The highest BCUT2D eigenvalue weighted by atomic mass is 19.1. The number of nitrogens with one attached hydrogen (secondary N) is 2. The fourth-order valence-corrected chi connectivity index (χ4v) is 3.49. The molecule has 0 radical (unpaired) electrons. The van der Waals surface area contributed by atoms with E-state index in [-0.39, 0.29) is 11.9 Å². The number of hydrogen-bond acceptors (Lipinski definition) is 4. The van der Waals surface area contributed by atoms with Crippen molar-refractivity contribution in [3.63, 3.8) is 0 Å². The maximum Gasteiger partial charge on any atom is 0.191 e. The summed E-state index contributed by atoms with van der Waals surface area (Å²) in [4.78, 5) is 12.6. The van der Waals surface area contributed by atoms with Crippen LogP contribution in [0.15, 0.2) is 41.5 Å². The molecule has 1 aromatic carbocycles. The number of nitrogens with zero attached hydrogens (tertiary/aromatic N) is 4. The third kappa shape index (κ3) is 4.71. The molecule has 7 heteroatoms. The number of aromatic nitrogens is 1. The Morgan fingerprint density at radius 1 is 1.36 bits per heavy atom. The minimum atomic E-state index is -0.277. The summed E-state index contributed by atoms with van der Waals surface area (Å²) in [6, 6.07) is 9.71. The summed E-state index contributed by atoms with van der Waals surface area (Å²) in [5.41, 5.74) is 3.64. The molecule has 1 atom stereocenters. The molecule has 1 saturated heterocycles. The van der Waals surface area contributed by atoms with Crippen LogP contribution in [0, 0.1) is 12.7 Å². The second-order valence-corrected chi connectivity index (χ2v) is 7.34. The first-order chi connectivity index (χ1) is 13.5. The highest BCUT2D eigenvalue weighted by Gasteiger charge is 2.25. The van der Waals surface area contributed by atoms with Crippen LogP contribution in [0.4, 0.5) is 15.9 Å². The molecule has 0 bridgehead atoms. The second-order valence-electron chi connectivity index (χ2n) is 7.34. The van der Waals surface area contributed by atoms with Crippen LogP contribution >= 0.6 is 0 Å². The van der Waals surface area contributed by atoms with E-state index in [0.29, 0.717) is 18.9 Å². The van der Waals surface area contributed by atoms with Gasteiger partial charge in [-0.1, -0.05) is 12.1 Å². The van der Waals surface area contributed by atoms with Gasteiger partial charge in [0.2, 0.25) is 0 Å². The van der Waals surface area contributed by atoms with Gasteiger partial charge in [-0.15, -0.1) is 0 Å². The van der Waals surface area contributed by atoms with E-state index in [1.165, 1.54) is 22.9 Å². The van der Waals surface area contributed by atoms with Crippen LogP contribution in [0.1, 0.15) is 17.5 Å². The molecule has 0 amide bonds. The Labute approximate surface area is 166 Å². The van der Waals surface area contributed by atoms with Gasteiger partial charge < -0.3 is 20.4 Å². The molecule has 0 spiro atoms. The Balaban J connectivity index is 1.58. The molecule has 2 heterocycles. The monoisotopic (exact) mass is 384 g/mol. The molecule has 1 unspecified atom stereocenters. The number of pyridine rings is 1. The topological polar surface area (TPSA) is 55.8 Å². The normalized spacial score (nSPS) is 17.0. The van der Waals surface area contributed by atoms with Crippen molar-refractivity contribution in [2.24, 2.45) is 4.99 Å². The number of aryl methyl sites for hydroxylation is 1. The van der Waals surface area contributed by atoms with Gasteiger partial charge in [0, 0.05) is 58.7 Å². The van der Waals surface area contributed by atoms with Gasteiger partial charge in [-0.25, -0.2) is 9.37 Å². The molecule has 1 aromatic heterocycles. The predicted octanol–water partition coefficient (Wildman–Crippen LogP) is 2.54. The molecule has 1 fully saturated rings. The Bertz CT molecular complexity index is 835. The Hall–Kier alpha value is -2.83. The number of guanidine groups is 1. The smallest absolute Gasteiger partial charge is 0.191 e. The van der Waals surface area contributed by atoms with Gasteiger partial charge in [-0.3, -0.25) is 4.99 Å². The van der Waals surface area contributed by atoms with Crippen molar-refractivity contribution in [2.75, 3.05) is 44.0 Å². The third-order valence-electron chi connectivity index (χ3n) is 4.96. The lowest BCUT2D eigenvalue weighted by Crippen LogP contribution is -2.44. The van der Waals surface area contributed by atoms with Crippen LogP contribution in [0.25, 0.3) is 0 Å². The molecule has 150 valence electrons. The zero-order chi connectivity index (χ0) is 20.1. The molecule has 0 saturated carbocycles. The van der Waals surface area contributed by atoms with Crippen LogP contribution in [-0.4, -0.2) is 51.2 Å². The van der Waals surface area contributed by atoms with Crippen molar-refractivity contribution < 1.29 is 4.39 Å². The maximum absolute atomic E-state index is 14.0.